The highest BCUT2D eigenvalue weighted by molar-refractivity contribution is 6.32. The third-order valence-electron chi connectivity index (χ3n) is 6.34. The van der Waals surface area contributed by atoms with Crippen LogP contribution in [0.5, 0.6) is 0 Å². The van der Waals surface area contributed by atoms with Gasteiger partial charge in [0.1, 0.15) is 23.0 Å². The molecule has 0 radical (unpaired) electrons. The maximum Gasteiger partial charge on any atom is 0.222 e. The summed E-state index contributed by atoms with van der Waals surface area (Å²) in [6.07, 6.45) is 5.07. The van der Waals surface area contributed by atoms with Crippen LogP contribution in [-0.2, 0) is 22.6 Å². The monoisotopic (exact) mass is 604 g/mol. The Morgan fingerprint density at radius 2 is 1.88 bits per heavy atom. The van der Waals surface area contributed by atoms with Crippen LogP contribution in [0.25, 0.3) is 16.9 Å². The third kappa shape index (κ3) is 7.33. The summed E-state index contributed by atoms with van der Waals surface area (Å²) < 4.78 is 1.51. The molecule has 2 aromatic carbocycles. The first-order valence-electron chi connectivity index (χ1n) is 13.0. The van der Waals surface area contributed by atoms with Gasteiger partial charge in [0.25, 0.3) is 0 Å². The molecule has 0 spiro atoms. The van der Waals surface area contributed by atoms with E-state index in [9.17, 15) is 9.59 Å². The largest absolute Gasteiger partial charge is 0.350 e. The first kappa shape index (κ1) is 28.8. The van der Waals surface area contributed by atoms with E-state index in [1.54, 1.807) is 30.6 Å². The number of hydrogen-bond acceptors (Lipinski definition) is 8. The minimum absolute atomic E-state index is 0.0872. The van der Waals surface area contributed by atoms with Gasteiger partial charge in [-0.1, -0.05) is 53.5 Å². The summed E-state index contributed by atoms with van der Waals surface area (Å²) in [4.78, 5) is 42.3. The predicted octanol–water partition coefficient (Wildman–Crippen LogP) is 3.95. The standard InChI is InChI=1S/C28H26Cl2N10O2/c1-17-13-32-21(14-31-17)15-33-25(42)12-22(28-36-26(27(30)37-28)18-5-3-2-4-6-18)35-24(41)10-7-19-11-20(29)8-9-23(19)40-16-34-38-39-40/h2-6,8-9,11,13-14,16,22H,7,10,12,15H2,1H3,(H,33,42)(H,35,41)(H,36,37). The average Bonchev–Trinajstić information content (AvgIpc) is 3.66. The van der Waals surface area contributed by atoms with Crippen LogP contribution in [-0.4, -0.2) is 52.0 Å². The molecular formula is C28H26Cl2N10O2. The highest BCUT2D eigenvalue weighted by Gasteiger charge is 2.24. The Balaban J connectivity index is 1.31. The Hall–Kier alpha value is -4.68. The lowest BCUT2D eigenvalue weighted by molar-refractivity contribution is -0.123. The fraction of sp³-hybridized carbons (Fsp3) is 0.214. The number of tetrazole rings is 1. The van der Waals surface area contributed by atoms with Gasteiger partial charge in [-0.2, -0.15) is 0 Å². The van der Waals surface area contributed by atoms with Crippen molar-refractivity contribution in [2.75, 3.05) is 0 Å². The van der Waals surface area contributed by atoms with Crippen molar-refractivity contribution in [3.63, 3.8) is 0 Å². The second kappa shape index (κ2) is 13.3. The fourth-order valence-electron chi connectivity index (χ4n) is 4.26. The lowest BCUT2D eigenvalue weighted by Gasteiger charge is -2.17. The number of hydrogen-bond donors (Lipinski definition) is 3. The summed E-state index contributed by atoms with van der Waals surface area (Å²) >= 11 is 12.7. The van der Waals surface area contributed by atoms with Crippen molar-refractivity contribution in [1.29, 1.82) is 0 Å². The number of carbonyl (C=O) groups is 2. The molecule has 1 atom stereocenters. The molecule has 3 aromatic heterocycles. The van der Waals surface area contributed by atoms with Crippen molar-refractivity contribution in [3.8, 4) is 16.9 Å². The second-order valence-electron chi connectivity index (χ2n) is 9.43. The smallest absolute Gasteiger partial charge is 0.222 e. The van der Waals surface area contributed by atoms with Gasteiger partial charge in [-0.05, 0) is 47.5 Å². The van der Waals surface area contributed by atoms with Crippen LogP contribution in [0.3, 0.4) is 0 Å². The van der Waals surface area contributed by atoms with E-state index in [-0.39, 0.29) is 31.2 Å². The number of halogens is 2. The molecule has 0 aliphatic heterocycles. The van der Waals surface area contributed by atoms with Crippen molar-refractivity contribution in [2.45, 2.75) is 38.8 Å². The number of imidazole rings is 1. The molecule has 3 heterocycles. The zero-order valence-electron chi connectivity index (χ0n) is 22.5. The van der Waals surface area contributed by atoms with Gasteiger partial charge in [0, 0.05) is 23.2 Å². The van der Waals surface area contributed by atoms with E-state index in [0.29, 0.717) is 39.5 Å². The Morgan fingerprint density at radius 1 is 1.05 bits per heavy atom. The summed E-state index contributed by atoms with van der Waals surface area (Å²) in [6.45, 7) is 2.02. The number of rotatable bonds is 11. The quantitative estimate of drug-likeness (QED) is 0.204. The average molecular weight is 605 g/mol. The van der Waals surface area contributed by atoms with Crippen LogP contribution in [0.1, 0.15) is 41.7 Å². The van der Waals surface area contributed by atoms with E-state index >= 15 is 0 Å². The van der Waals surface area contributed by atoms with Crippen LogP contribution in [0.2, 0.25) is 10.2 Å². The Bertz CT molecular complexity index is 1660. The van der Waals surface area contributed by atoms with E-state index in [1.165, 1.54) is 11.0 Å². The minimum Gasteiger partial charge on any atom is -0.350 e. The van der Waals surface area contributed by atoms with Gasteiger partial charge in [-0.3, -0.25) is 19.6 Å². The molecule has 14 heteroatoms. The zero-order valence-corrected chi connectivity index (χ0v) is 24.0. The predicted molar refractivity (Wildman–Crippen MR) is 156 cm³/mol. The van der Waals surface area contributed by atoms with Gasteiger partial charge >= 0.3 is 0 Å². The summed E-state index contributed by atoms with van der Waals surface area (Å²) in [7, 11) is 0. The molecule has 3 N–H and O–H groups in total. The van der Waals surface area contributed by atoms with E-state index < -0.39 is 6.04 Å². The normalized spacial score (nSPS) is 11.7. The van der Waals surface area contributed by atoms with Crippen molar-refractivity contribution in [2.24, 2.45) is 0 Å². The fourth-order valence-corrected chi connectivity index (χ4v) is 4.70. The third-order valence-corrected chi connectivity index (χ3v) is 6.85. The summed E-state index contributed by atoms with van der Waals surface area (Å²) in [5, 5.41) is 17.9. The molecule has 214 valence electrons. The van der Waals surface area contributed by atoms with Gasteiger partial charge in [0.2, 0.25) is 11.8 Å². The molecule has 12 nitrogen and oxygen atoms in total. The van der Waals surface area contributed by atoms with Gasteiger partial charge in [-0.25, -0.2) is 9.67 Å². The van der Waals surface area contributed by atoms with E-state index in [0.717, 1.165) is 16.8 Å². The van der Waals surface area contributed by atoms with Crippen LogP contribution >= 0.6 is 23.2 Å². The topological polar surface area (TPSA) is 156 Å². The molecule has 5 rings (SSSR count). The molecule has 5 aromatic rings. The van der Waals surface area contributed by atoms with Crippen molar-refractivity contribution >= 4 is 35.0 Å². The van der Waals surface area contributed by atoms with Crippen molar-refractivity contribution < 1.29 is 9.59 Å². The number of nitrogens with zero attached hydrogens (tertiary/aromatic N) is 7. The lowest BCUT2D eigenvalue weighted by atomic mass is 10.1. The number of aromatic nitrogens is 8. The first-order valence-corrected chi connectivity index (χ1v) is 13.8. The zero-order chi connectivity index (χ0) is 29.5. The summed E-state index contributed by atoms with van der Waals surface area (Å²) in [5.41, 5.74) is 4.20. The van der Waals surface area contributed by atoms with Gasteiger partial charge in [0.15, 0.2) is 0 Å². The van der Waals surface area contributed by atoms with Crippen LogP contribution in [0.4, 0.5) is 0 Å². The number of aryl methyl sites for hydroxylation is 2. The molecule has 0 aliphatic carbocycles. The second-order valence-corrected chi connectivity index (χ2v) is 10.2. The van der Waals surface area contributed by atoms with Gasteiger partial charge in [-0.15, -0.1) is 5.10 Å². The highest BCUT2D eigenvalue weighted by atomic mass is 35.5. The molecule has 2 amide bonds. The minimum atomic E-state index is -0.782. The number of H-pyrrole nitrogens is 1. The SMILES string of the molecule is Cc1cnc(CNC(=O)CC(NC(=O)CCc2cc(Cl)ccc2-n2cnnn2)c2nc(-c3ccccc3)c(Cl)[nH]2)cn1. The molecule has 0 saturated carbocycles. The molecule has 0 saturated heterocycles. The van der Waals surface area contributed by atoms with Crippen LogP contribution < -0.4 is 10.6 Å². The van der Waals surface area contributed by atoms with E-state index in [4.69, 9.17) is 23.2 Å². The molecular weight excluding hydrogens is 579 g/mol. The maximum atomic E-state index is 13.2. The maximum absolute atomic E-state index is 13.2. The van der Waals surface area contributed by atoms with E-state index in [1.807, 2.05) is 37.3 Å². The number of amides is 2. The lowest BCUT2D eigenvalue weighted by Crippen LogP contribution is -2.34. The van der Waals surface area contributed by atoms with Crippen LogP contribution in [0, 0.1) is 6.92 Å². The van der Waals surface area contributed by atoms with Crippen molar-refractivity contribution in [3.05, 3.63) is 100 Å². The Labute approximate surface area is 250 Å². The molecule has 0 bridgehead atoms. The van der Waals surface area contributed by atoms with Crippen LogP contribution in [0.15, 0.2) is 67.3 Å². The van der Waals surface area contributed by atoms with Gasteiger partial charge in [0.05, 0.1) is 42.3 Å². The molecule has 0 fully saturated rings. The summed E-state index contributed by atoms with van der Waals surface area (Å²) in [5.74, 6) is -0.254. The summed E-state index contributed by atoms with van der Waals surface area (Å²) in [6, 6.07) is 13.9. The van der Waals surface area contributed by atoms with E-state index in [2.05, 4.69) is 46.1 Å². The first-order chi connectivity index (χ1) is 20.4. The Kier molecular flexibility index (Phi) is 9.15. The number of benzene rings is 2. The molecule has 0 aliphatic rings. The number of nitrogens with one attached hydrogen (secondary N) is 3. The molecule has 1 unspecified atom stereocenters. The highest BCUT2D eigenvalue weighted by Crippen LogP contribution is 2.28. The number of aromatic amines is 1. The van der Waals surface area contributed by atoms with Crippen molar-refractivity contribution in [1.82, 2.24) is 50.8 Å². The number of carbonyl (C=O) groups excluding carboxylic acids is 2. The molecule has 42 heavy (non-hydrogen) atoms. The Morgan fingerprint density at radius 3 is 2.62 bits per heavy atom. The van der Waals surface area contributed by atoms with Gasteiger partial charge < -0.3 is 15.6 Å².